The summed E-state index contributed by atoms with van der Waals surface area (Å²) in [6, 6.07) is 19.1. The molecular formula is C25H21NO4. The summed E-state index contributed by atoms with van der Waals surface area (Å²) >= 11 is 0. The van der Waals surface area contributed by atoms with Gasteiger partial charge in [0.15, 0.2) is 11.9 Å². The Morgan fingerprint density at radius 3 is 2.37 bits per heavy atom. The Kier molecular flexibility index (Phi) is 6.61. The number of ether oxygens (including phenoxy) is 2. The van der Waals surface area contributed by atoms with Gasteiger partial charge in [0.05, 0.1) is 17.2 Å². The fourth-order valence-electron chi connectivity index (χ4n) is 3.01. The molecule has 0 aromatic heterocycles. The van der Waals surface area contributed by atoms with Gasteiger partial charge in [0.2, 0.25) is 0 Å². The minimum absolute atomic E-state index is 0.168. The normalized spacial score (nSPS) is 11.3. The molecule has 0 heterocycles. The Hall–Kier alpha value is -3.91. The number of hydrogen-bond acceptors (Lipinski definition) is 5. The van der Waals surface area contributed by atoms with Gasteiger partial charge >= 0.3 is 5.97 Å². The lowest BCUT2D eigenvalue weighted by Gasteiger charge is -2.16. The fourth-order valence-corrected chi connectivity index (χ4v) is 3.01. The maximum Gasteiger partial charge on any atom is 0.343 e. The molecule has 3 aromatic carbocycles. The molecule has 0 aliphatic carbocycles. The van der Waals surface area contributed by atoms with E-state index >= 15 is 0 Å². The Morgan fingerprint density at radius 2 is 1.70 bits per heavy atom. The number of carbonyl (C=O) groups excluding carboxylic acids is 2. The zero-order valence-corrected chi connectivity index (χ0v) is 16.6. The molecule has 3 rings (SSSR count). The van der Waals surface area contributed by atoms with Crippen molar-refractivity contribution in [2.45, 2.75) is 25.9 Å². The number of carbonyl (C=O) groups is 2. The first-order chi connectivity index (χ1) is 14.5. The molecule has 0 radical (unpaired) electrons. The van der Waals surface area contributed by atoms with Crippen LogP contribution in [-0.2, 0) is 4.79 Å². The highest BCUT2D eigenvalue weighted by atomic mass is 16.5. The van der Waals surface area contributed by atoms with Crippen LogP contribution in [0.4, 0.5) is 0 Å². The van der Waals surface area contributed by atoms with Crippen LogP contribution in [0.15, 0.2) is 73.3 Å². The summed E-state index contributed by atoms with van der Waals surface area (Å²) < 4.78 is 11.2. The number of hydrogen-bond donors (Lipinski definition) is 0. The molecule has 30 heavy (non-hydrogen) atoms. The van der Waals surface area contributed by atoms with Crippen molar-refractivity contribution in [3.63, 3.8) is 0 Å². The van der Waals surface area contributed by atoms with E-state index in [1.54, 1.807) is 54.6 Å². The Labute approximate surface area is 175 Å². The predicted molar refractivity (Wildman–Crippen MR) is 115 cm³/mol. The van der Waals surface area contributed by atoms with Crippen molar-refractivity contribution in [2.75, 3.05) is 0 Å². The van der Waals surface area contributed by atoms with Gasteiger partial charge in [-0.2, -0.15) is 5.26 Å². The average molecular weight is 399 g/mol. The van der Waals surface area contributed by atoms with Crippen molar-refractivity contribution in [2.24, 2.45) is 0 Å². The molecule has 0 saturated carbocycles. The first-order valence-electron chi connectivity index (χ1n) is 9.63. The number of benzene rings is 3. The van der Waals surface area contributed by atoms with Crippen LogP contribution in [0.1, 0.15) is 35.7 Å². The molecule has 0 amide bonds. The molecule has 0 spiro atoms. The summed E-state index contributed by atoms with van der Waals surface area (Å²) in [4.78, 5) is 24.3. The number of rotatable bonds is 8. The van der Waals surface area contributed by atoms with Crippen molar-refractivity contribution in [1.29, 1.82) is 5.26 Å². The Morgan fingerprint density at radius 1 is 1.03 bits per heavy atom. The lowest BCUT2D eigenvalue weighted by molar-refractivity contribution is -0.121. The van der Waals surface area contributed by atoms with Crippen LogP contribution in [0.3, 0.4) is 0 Å². The van der Waals surface area contributed by atoms with Crippen molar-refractivity contribution in [3.05, 3.63) is 84.4 Å². The lowest BCUT2D eigenvalue weighted by atomic mass is 10.1. The number of nitriles is 1. The average Bonchev–Trinajstić information content (AvgIpc) is 2.78. The van der Waals surface area contributed by atoms with Gasteiger partial charge in [-0.1, -0.05) is 32.1 Å². The molecular weight excluding hydrogens is 378 g/mol. The minimum atomic E-state index is -0.579. The van der Waals surface area contributed by atoms with Gasteiger partial charge in [-0.15, -0.1) is 0 Å². The van der Waals surface area contributed by atoms with Crippen LogP contribution < -0.4 is 9.47 Å². The smallest absolute Gasteiger partial charge is 0.343 e. The zero-order valence-electron chi connectivity index (χ0n) is 16.6. The molecule has 0 saturated heterocycles. The molecule has 5 nitrogen and oxygen atoms in total. The molecule has 3 aromatic rings. The van der Waals surface area contributed by atoms with Gasteiger partial charge in [0, 0.05) is 0 Å². The minimum Gasteiger partial charge on any atom is -0.482 e. The standard InChI is InChI=1S/C25H21NO4/c1-3-5-24(23(27)4-2)29-21-11-8-18(9-12-21)25(28)30-22-13-10-19-14-17(16-26)6-7-20(19)15-22/h4,6-15,24H,2-3,5H2,1H3. The van der Waals surface area contributed by atoms with E-state index in [2.05, 4.69) is 12.6 Å². The van der Waals surface area contributed by atoms with E-state index in [-0.39, 0.29) is 5.78 Å². The summed E-state index contributed by atoms with van der Waals surface area (Å²) in [5.74, 6) is 0.247. The van der Waals surface area contributed by atoms with Gasteiger partial charge in [0.25, 0.3) is 0 Å². The number of fused-ring (bicyclic) bond motifs is 1. The van der Waals surface area contributed by atoms with Crippen molar-refractivity contribution in [3.8, 4) is 17.6 Å². The fraction of sp³-hybridized carbons (Fsp3) is 0.160. The first-order valence-corrected chi connectivity index (χ1v) is 9.63. The topological polar surface area (TPSA) is 76.4 Å². The molecule has 0 aliphatic rings. The largest absolute Gasteiger partial charge is 0.482 e. The van der Waals surface area contributed by atoms with Gasteiger partial charge in [0.1, 0.15) is 11.5 Å². The second-order valence-electron chi connectivity index (χ2n) is 6.75. The molecule has 1 unspecified atom stereocenters. The van der Waals surface area contributed by atoms with Crippen LogP contribution in [0.5, 0.6) is 11.5 Å². The second-order valence-corrected chi connectivity index (χ2v) is 6.75. The van der Waals surface area contributed by atoms with Crippen molar-refractivity contribution >= 4 is 22.5 Å². The first kappa shape index (κ1) is 20.8. The highest BCUT2D eigenvalue weighted by Crippen LogP contribution is 2.23. The van der Waals surface area contributed by atoms with E-state index in [4.69, 9.17) is 14.7 Å². The molecule has 0 N–H and O–H groups in total. The Balaban J connectivity index is 1.70. The SMILES string of the molecule is C=CC(=O)C(CCC)Oc1ccc(C(=O)Oc2ccc3cc(C#N)ccc3c2)cc1. The van der Waals surface area contributed by atoms with E-state index in [1.807, 2.05) is 13.0 Å². The monoisotopic (exact) mass is 399 g/mol. The van der Waals surface area contributed by atoms with E-state index in [1.165, 1.54) is 6.08 Å². The van der Waals surface area contributed by atoms with E-state index in [0.717, 1.165) is 17.2 Å². The summed E-state index contributed by atoms with van der Waals surface area (Å²) in [6.07, 6.45) is 2.08. The lowest BCUT2D eigenvalue weighted by Crippen LogP contribution is -2.25. The maximum atomic E-state index is 12.5. The highest BCUT2D eigenvalue weighted by molar-refractivity contribution is 5.93. The predicted octanol–water partition coefficient (Wildman–Crippen LogP) is 5.23. The van der Waals surface area contributed by atoms with Crippen LogP contribution >= 0.6 is 0 Å². The third kappa shape index (κ3) is 4.92. The molecule has 1 atom stereocenters. The number of ketones is 1. The van der Waals surface area contributed by atoms with Gasteiger partial charge in [-0.05, 0) is 71.8 Å². The third-order valence-electron chi connectivity index (χ3n) is 4.59. The Bertz CT molecular complexity index is 1130. The van der Waals surface area contributed by atoms with E-state index in [0.29, 0.717) is 29.0 Å². The van der Waals surface area contributed by atoms with Gasteiger partial charge < -0.3 is 9.47 Å². The quantitative estimate of drug-likeness (QED) is 0.294. The van der Waals surface area contributed by atoms with Crippen LogP contribution in [0.25, 0.3) is 10.8 Å². The van der Waals surface area contributed by atoms with Crippen molar-refractivity contribution in [1.82, 2.24) is 0 Å². The van der Waals surface area contributed by atoms with Crippen molar-refractivity contribution < 1.29 is 19.1 Å². The molecule has 0 fully saturated rings. The summed E-state index contributed by atoms with van der Waals surface area (Å²) in [7, 11) is 0. The molecule has 0 aliphatic heterocycles. The maximum absolute atomic E-state index is 12.5. The zero-order chi connectivity index (χ0) is 21.5. The second kappa shape index (κ2) is 9.53. The molecule has 0 bridgehead atoms. The van der Waals surface area contributed by atoms with E-state index in [9.17, 15) is 9.59 Å². The number of esters is 1. The van der Waals surface area contributed by atoms with Crippen LogP contribution in [0, 0.1) is 11.3 Å². The molecule has 5 heteroatoms. The van der Waals surface area contributed by atoms with Gasteiger partial charge in [-0.25, -0.2) is 4.79 Å². The van der Waals surface area contributed by atoms with Crippen LogP contribution in [0.2, 0.25) is 0 Å². The van der Waals surface area contributed by atoms with E-state index < -0.39 is 12.1 Å². The summed E-state index contributed by atoms with van der Waals surface area (Å²) in [5.41, 5.74) is 0.940. The van der Waals surface area contributed by atoms with Gasteiger partial charge in [-0.3, -0.25) is 4.79 Å². The third-order valence-corrected chi connectivity index (χ3v) is 4.59. The highest BCUT2D eigenvalue weighted by Gasteiger charge is 2.17. The summed E-state index contributed by atoms with van der Waals surface area (Å²) in [5, 5.41) is 10.7. The molecule has 150 valence electrons. The summed E-state index contributed by atoms with van der Waals surface area (Å²) in [6.45, 7) is 5.48. The van der Waals surface area contributed by atoms with Crippen LogP contribution in [-0.4, -0.2) is 17.9 Å². The number of nitrogens with zero attached hydrogens (tertiary/aromatic N) is 1.